The highest BCUT2D eigenvalue weighted by atomic mass is 15.2. The van der Waals surface area contributed by atoms with E-state index in [-0.39, 0.29) is 0 Å². The van der Waals surface area contributed by atoms with E-state index >= 15 is 0 Å². The second kappa shape index (κ2) is 3.59. The molecule has 3 rings (SSSR count). The number of nitrogens with one attached hydrogen (secondary N) is 1. The third-order valence-electron chi connectivity index (χ3n) is 4.24. The third-order valence-corrected chi connectivity index (χ3v) is 4.24. The second-order valence-corrected chi connectivity index (χ2v) is 5.65. The van der Waals surface area contributed by atoms with Gasteiger partial charge in [-0.25, -0.2) is 0 Å². The van der Waals surface area contributed by atoms with Gasteiger partial charge >= 0.3 is 0 Å². The van der Waals surface area contributed by atoms with Gasteiger partial charge in [-0.2, -0.15) is 5.10 Å². The summed E-state index contributed by atoms with van der Waals surface area (Å²) in [6, 6.07) is 0. The van der Waals surface area contributed by atoms with Gasteiger partial charge in [0.2, 0.25) is 0 Å². The van der Waals surface area contributed by atoms with Crippen LogP contribution in [0.25, 0.3) is 0 Å². The number of aromatic nitrogens is 2. The molecule has 0 spiro atoms. The molecular formula is C13H21N3. The lowest BCUT2D eigenvalue weighted by atomic mass is 10.0. The summed E-state index contributed by atoms with van der Waals surface area (Å²) < 4.78 is 1.90. The molecule has 1 N–H and O–H groups in total. The van der Waals surface area contributed by atoms with Crippen LogP contribution in [0.4, 0.5) is 0 Å². The molecule has 0 atom stereocenters. The number of nitrogens with zero attached hydrogens (tertiary/aromatic N) is 2. The summed E-state index contributed by atoms with van der Waals surface area (Å²) in [5.74, 6) is 1.05. The maximum Gasteiger partial charge on any atom is 0.0638 e. The first kappa shape index (κ1) is 10.3. The molecule has 0 radical (unpaired) electrons. The molecule has 2 fully saturated rings. The molecule has 1 heterocycles. The van der Waals surface area contributed by atoms with Crippen LogP contribution in [0, 0.1) is 18.3 Å². The first-order chi connectivity index (χ1) is 7.70. The van der Waals surface area contributed by atoms with Crippen LogP contribution >= 0.6 is 0 Å². The van der Waals surface area contributed by atoms with Gasteiger partial charge in [-0.1, -0.05) is 0 Å². The Bertz CT molecular complexity index is 386. The van der Waals surface area contributed by atoms with Gasteiger partial charge in [-0.3, -0.25) is 4.68 Å². The molecule has 88 valence electrons. The van der Waals surface area contributed by atoms with Crippen LogP contribution in [0.5, 0.6) is 0 Å². The zero-order valence-corrected chi connectivity index (χ0v) is 10.3. The predicted molar refractivity (Wildman–Crippen MR) is 64.0 cm³/mol. The minimum atomic E-state index is 0.704. The van der Waals surface area contributed by atoms with Gasteiger partial charge in [0.05, 0.1) is 5.69 Å². The van der Waals surface area contributed by atoms with Gasteiger partial charge in [0.1, 0.15) is 0 Å². The van der Waals surface area contributed by atoms with Crippen molar-refractivity contribution < 1.29 is 0 Å². The molecule has 2 aliphatic carbocycles. The molecule has 0 amide bonds. The van der Waals surface area contributed by atoms with E-state index in [2.05, 4.69) is 23.5 Å². The van der Waals surface area contributed by atoms with Crippen LogP contribution in [0.1, 0.15) is 36.9 Å². The average Bonchev–Trinajstić information content (AvgIpc) is 3.10. The van der Waals surface area contributed by atoms with Gasteiger partial charge in [-0.15, -0.1) is 0 Å². The summed E-state index contributed by atoms with van der Waals surface area (Å²) in [5.41, 5.74) is 3.20. The molecule has 3 heteroatoms. The van der Waals surface area contributed by atoms with Crippen molar-refractivity contribution in [3.05, 3.63) is 17.5 Å². The van der Waals surface area contributed by atoms with E-state index in [0.717, 1.165) is 18.2 Å². The lowest BCUT2D eigenvalue weighted by molar-refractivity contribution is 0.403. The van der Waals surface area contributed by atoms with Crippen molar-refractivity contribution in [3.8, 4) is 0 Å². The molecule has 0 unspecified atom stereocenters. The molecule has 2 aliphatic rings. The van der Waals surface area contributed by atoms with E-state index < -0.39 is 0 Å². The molecule has 0 aliphatic heterocycles. The topological polar surface area (TPSA) is 29.9 Å². The Kier molecular flexibility index (Phi) is 2.32. The van der Waals surface area contributed by atoms with E-state index in [1.165, 1.54) is 37.8 Å². The fourth-order valence-corrected chi connectivity index (χ4v) is 2.85. The molecule has 1 aromatic heterocycles. The second-order valence-electron chi connectivity index (χ2n) is 5.65. The largest absolute Gasteiger partial charge is 0.312 e. The van der Waals surface area contributed by atoms with Crippen molar-refractivity contribution in [2.75, 3.05) is 6.54 Å². The Balaban J connectivity index is 1.51. The number of aryl methyl sites for hydroxylation is 2. The Morgan fingerprint density at radius 1 is 1.50 bits per heavy atom. The van der Waals surface area contributed by atoms with E-state index in [1.54, 1.807) is 0 Å². The minimum Gasteiger partial charge on any atom is -0.312 e. The lowest BCUT2D eigenvalue weighted by Crippen LogP contribution is -2.25. The highest BCUT2D eigenvalue weighted by molar-refractivity contribution is 5.15. The summed E-state index contributed by atoms with van der Waals surface area (Å²) in [4.78, 5) is 0. The van der Waals surface area contributed by atoms with Gasteiger partial charge < -0.3 is 5.32 Å². The average molecular weight is 219 g/mol. The molecule has 0 aromatic carbocycles. The zero-order chi connectivity index (χ0) is 11.2. The van der Waals surface area contributed by atoms with Crippen molar-refractivity contribution in [2.45, 2.75) is 39.2 Å². The van der Waals surface area contributed by atoms with Crippen molar-refractivity contribution in [1.29, 1.82) is 0 Å². The predicted octanol–water partition coefficient (Wildman–Crippen LogP) is 2.01. The minimum absolute atomic E-state index is 0.704. The summed E-state index contributed by atoms with van der Waals surface area (Å²) in [5, 5.41) is 7.99. The molecular weight excluding hydrogens is 198 g/mol. The van der Waals surface area contributed by atoms with Crippen molar-refractivity contribution >= 4 is 0 Å². The standard InChI is InChI=1S/C13H21N3/c1-10-11(8-16(2)15-10)7-14-9-13(5-6-13)12-3-4-12/h8,12,14H,3-7,9H2,1-2H3. The molecule has 2 saturated carbocycles. The fourth-order valence-electron chi connectivity index (χ4n) is 2.85. The van der Waals surface area contributed by atoms with E-state index in [9.17, 15) is 0 Å². The Morgan fingerprint density at radius 2 is 2.25 bits per heavy atom. The number of rotatable bonds is 5. The quantitative estimate of drug-likeness (QED) is 0.821. The summed E-state index contributed by atoms with van der Waals surface area (Å²) >= 11 is 0. The third kappa shape index (κ3) is 1.88. The summed E-state index contributed by atoms with van der Waals surface area (Å²) in [7, 11) is 1.99. The van der Waals surface area contributed by atoms with Crippen molar-refractivity contribution in [2.24, 2.45) is 18.4 Å². The van der Waals surface area contributed by atoms with Crippen LogP contribution in [-0.4, -0.2) is 16.3 Å². The molecule has 3 nitrogen and oxygen atoms in total. The van der Waals surface area contributed by atoms with Gasteiger partial charge in [0.15, 0.2) is 0 Å². The Hall–Kier alpha value is -0.830. The van der Waals surface area contributed by atoms with Gasteiger partial charge in [0.25, 0.3) is 0 Å². The monoisotopic (exact) mass is 219 g/mol. The summed E-state index contributed by atoms with van der Waals surface area (Å²) in [6.45, 7) is 4.28. The molecule has 0 bridgehead atoms. The maximum absolute atomic E-state index is 4.37. The van der Waals surface area contributed by atoms with Crippen molar-refractivity contribution in [1.82, 2.24) is 15.1 Å². The maximum atomic E-state index is 4.37. The van der Waals surface area contributed by atoms with Crippen LogP contribution in [0.2, 0.25) is 0 Å². The highest BCUT2D eigenvalue weighted by Gasteiger charge is 2.53. The number of hydrogen-bond donors (Lipinski definition) is 1. The van der Waals surface area contributed by atoms with Crippen LogP contribution in [0.15, 0.2) is 6.20 Å². The highest BCUT2D eigenvalue weighted by Crippen LogP contribution is 2.60. The molecule has 16 heavy (non-hydrogen) atoms. The van der Waals surface area contributed by atoms with E-state index in [1.807, 2.05) is 11.7 Å². The fraction of sp³-hybridized carbons (Fsp3) is 0.769. The van der Waals surface area contributed by atoms with E-state index in [4.69, 9.17) is 0 Å². The van der Waals surface area contributed by atoms with Gasteiger partial charge in [0, 0.05) is 31.9 Å². The first-order valence-corrected chi connectivity index (χ1v) is 6.39. The van der Waals surface area contributed by atoms with Crippen LogP contribution in [-0.2, 0) is 13.6 Å². The molecule has 0 saturated heterocycles. The normalized spacial score (nSPS) is 22.4. The first-order valence-electron chi connectivity index (χ1n) is 6.39. The SMILES string of the molecule is Cc1nn(C)cc1CNCC1(C2CC2)CC1. The number of hydrogen-bond acceptors (Lipinski definition) is 2. The zero-order valence-electron chi connectivity index (χ0n) is 10.3. The smallest absolute Gasteiger partial charge is 0.0638 e. The van der Waals surface area contributed by atoms with E-state index in [0.29, 0.717) is 5.41 Å². The summed E-state index contributed by atoms with van der Waals surface area (Å²) in [6.07, 6.45) is 7.99. The lowest BCUT2D eigenvalue weighted by Gasteiger charge is -2.14. The molecule has 1 aromatic rings. The van der Waals surface area contributed by atoms with Crippen LogP contribution < -0.4 is 5.32 Å². The van der Waals surface area contributed by atoms with Crippen LogP contribution in [0.3, 0.4) is 0 Å². The Morgan fingerprint density at radius 3 is 2.75 bits per heavy atom. The van der Waals surface area contributed by atoms with Gasteiger partial charge in [-0.05, 0) is 43.9 Å². The Labute approximate surface area is 97.2 Å². The van der Waals surface area contributed by atoms with Crippen molar-refractivity contribution in [3.63, 3.8) is 0 Å².